The Hall–Kier alpha value is -4.58. The first-order valence-electron chi connectivity index (χ1n) is 11.7. The summed E-state index contributed by atoms with van der Waals surface area (Å²) in [5.41, 5.74) is 3.82. The Balaban J connectivity index is 1.25. The van der Waals surface area contributed by atoms with Gasteiger partial charge in [0.2, 0.25) is 0 Å². The molecule has 39 heavy (non-hydrogen) atoms. The lowest BCUT2D eigenvalue weighted by atomic mass is 10.1. The molecule has 0 radical (unpaired) electrons. The lowest BCUT2D eigenvalue weighted by Crippen LogP contribution is -2.19. The van der Waals surface area contributed by atoms with E-state index < -0.39 is 16.1 Å². The lowest BCUT2D eigenvalue weighted by Gasteiger charge is -2.09. The second-order valence-corrected chi connectivity index (χ2v) is 11.0. The molecule has 4 aromatic carbocycles. The number of hydrogen-bond acceptors (Lipinski definition) is 6. The van der Waals surface area contributed by atoms with Crippen LogP contribution < -0.4 is 16.0 Å². The van der Waals surface area contributed by atoms with Gasteiger partial charge in [-0.15, -0.1) is 11.3 Å². The van der Waals surface area contributed by atoms with E-state index in [0.717, 1.165) is 5.56 Å². The van der Waals surface area contributed by atoms with Crippen LogP contribution in [0.2, 0.25) is 0 Å². The summed E-state index contributed by atoms with van der Waals surface area (Å²) in [5.74, 6) is -0.323. The van der Waals surface area contributed by atoms with Crippen LogP contribution in [0.25, 0.3) is 20.8 Å². The van der Waals surface area contributed by atoms with Gasteiger partial charge in [-0.3, -0.25) is 9.35 Å². The molecule has 5 aromatic rings. The Kier molecular flexibility index (Phi) is 7.11. The minimum Gasteiger partial charge on any atom is -0.322 e. The van der Waals surface area contributed by atoms with Gasteiger partial charge in [0.15, 0.2) is 0 Å². The van der Waals surface area contributed by atoms with Crippen molar-refractivity contribution >= 4 is 60.7 Å². The number of carbonyl (C=O) groups is 2. The predicted octanol–water partition coefficient (Wildman–Crippen LogP) is 6.41. The first kappa shape index (κ1) is 26.0. The highest BCUT2D eigenvalue weighted by molar-refractivity contribution is 7.86. The Morgan fingerprint density at radius 3 is 2.00 bits per heavy atom. The van der Waals surface area contributed by atoms with Crippen molar-refractivity contribution in [1.29, 1.82) is 0 Å². The van der Waals surface area contributed by atoms with Crippen LogP contribution >= 0.6 is 11.3 Å². The normalized spacial score (nSPS) is 11.2. The van der Waals surface area contributed by atoms with Crippen LogP contribution in [0.3, 0.4) is 0 Å². The average molecular weight is 559 g/mol. The van der Waals surface area contributed by atoms with Gasteiger partial charge < -0.3 is 16.0 Å². The van der Waals surface area contributed by atoms with Crippen molar-refractivity contribution < 1.29 is 22.6 Å². The van der Waals surface area contributed by atoms with Crippen LogP contribution in [0.4, 0.5) is 21.9 Å². The zero-order valence-corrected chi connectivity index (χ0v) is 22.1. The smallest absolute Gasteiger partial charge is 0.322 e. The summed E-state index contributed by atoms with van der Waals surface area (Å²) in [7, 11) is -4.40. The number of carbonyl (C=O) groups excluding carboxylic acids is 2. The first-order valence-corrected chi connectivity index (χ1v) is 14.0. The number of nitrogens with zero attached hydrogens (tertiary/aromatic N) is 1. The Morgan fingerprint density at radius 2 is 1.36 bits per heavy atom. The zero-order valence-electron chi connectivity index (χ0n) is 20.5. The lowest BCUT2D eigenvalue weighted by molar-refractivity contribution is 0.102. The molecule has 0 aliphatic heterocycles. The van der Waals surface area contributed by atoms with Crippen molar-refractivity contribution in [3.63, 3.8) is 0 Å². The number of nitrogens with one attached hydrogen (secondary N) is 3. The molecule has 0 atom stereocenters. The van der Waals surface area contributed by atoms with Gasteiger partial charge in [0, 0.05) is 28.2 Å². The minimum absolute atomic E-state index is 0.134. The fourth-order valence-corrected chi connectivity index (χ4v) is 6.25. The van der Waals surface area contributed by atoms with Crippen molar-refractivity contribution in [3.05, 3.63) is 102 Å². The minimum atomic E-state index is -4.40. The Labute approximate surface area is 228 Å². The molecule has 9 nitrogen and oxygen atoms in total. The Morgan fingerprint density at radius 1 is 0.769 bits per heavy atom. The third-order valence-electron chi connectivity index (χ3n) is 5.79. The van der Waals surface area contributed by atoms with Gasteiger partial charge in [-0.25, -0.2) is 9.78 Å². The van der Waals surface area contributed by atoms with E-state index in [1.54, 1.807) is 79.7 Å². The number of aromatic nitrogens is 1. The highest BCUT2D eigenvalue weighted by Gasteiger charge is 2.20. The van der Waals surface area contributed by atoms with E-state index in [-0.39, 0.29) is 10.8 Å². The molecule has 0 aliphatic carbocycles. The summed E-state index contributed by atoms with van der Waals surface area (Å²) < 4.78 is 33.8. The van der Waals surface area contributed by atoms with Crippen molar-refractivity contribution in [2.45, 2.75) is 11.8 Å². The van der Waals surface area contributed by atoms with Gasteiger partial charge in [-0.05, 0) is 79.2 Å². The molecule has 5 rings (SSSR count). The van der Waals surface area contributed by atoms with E-state index >= 15 is 0 Å². The van der Waals surface area contributed by atoms with E-state index in [9.17, 15) is 22.6 Å². The summed E-state index contributed by atoms with van der Waals surface area (Å²) in [4.78, 5) is 29.3. The number of benzene rings is 4. The third-order valence-corrected chi connectivity index (χ3v) is 8.10. The van der Waals surface area contributed by atoms with Gasteiger partial charge >= 0.3 is 6.03 Å². The number of rotatable bonds is 6. The van der Waals surface area contributed by atoms with Gasteiger partial charge in [0.1, 0.15) is 9.90 Å². The molecular weight excluding hydrogens is 536 g/mol. The van der Waals surface area contributed by atoms with Crippen LogP contribution in [0.15, 0.2) is 95.9 Å². The summed E-state index contributed by atoms with van der Waals surface area (Å²) in [6, 6.07) is 25.4. The third kappa shape index (κ3) is 5.96. The van der Waals surface area contributed by atoms with Crippen molar-refractivity contribution in [2.75, 3.05) is 16.0 Å². The van der Waals surface area contributed by atoms with E-state index in [0.29, 0.717) is 43.4 Å². The quantitative estimate of drug-likeness (QED) is 0.178. The number of hydrogen-bond donors (Lipinski definition) is 4. The van der Waals surface area contributed by atoms with Crippen LogP contribution in [0.1, 0.15) is 15.9 Å². The summed E-state index contributed by atoms with van der Waals surface area (Å²) in [6.07, 6.45) is 0. The van der Waals surface area contributed by atoms with Crippen molar-refractivity contribution in [1.82, 2.24) is 4.98 Å². The molecule has 1 aromatic heterocycles. The van der Waals surface area contributed by atoms with Gasteiger partial charge in [-0.1, -0.05) is 24.3 Å². The van der Waals surface area contributed by atoms with Gasteiger partial charge in [-0.2, -0.15) is 8.42 Å². The van der Waals surface area contributed by atoms with Crippen LogP contribution in [0, 0.1) is 6.92 Å². The monoisotopic (exact) mass is 558 g/mol. The van der Waals surface area contributed by atoms with Crippen LogP contribution in [-0.2, 0) is 10.1 Å². The predicted molar refractivity (Wildman–Crippen MR) is 153 cm³/mol. The Bertz CT molecular complexity index is 1780. The molecule has 196 valence electrons. The fourth-order valence-electron chi connectivity index (χ4n) is 3.93. The molecule has 0 bridgehead atoms. The van der Waals surface area contributed by atoms with E-state index in [1.807, 2.05) is 18.2 Å². The summed E-state index contributed by atoms with van der Waals surface area (Å²) >= 11 is 1.17. The van der Waals surface area contributed by atoms with E-state index in [2.05, 4.69) is 20.9 Å². The van der Waals surface area contributed by atoms with Crippen LogP contribution in [0.5, 0.6) is 0 Å². The molecular formula is C28H22N4O5S2. The summed E-state index contributed by atoms with van der Waals surface area (Å²) in [5, 5.41) is 8.85. The molecule has 3 amide bonds. The molecule has 0 fully saturated rings. The van der Waals surface area contributed by atoms with Gasteiger partial charge in [0.25, 0.3) is 16.0 Å². The molecule has 0 saturated heterocycles. The van der Waals surface area contributed by atoms with Crippen LogP contribution in [-0.4, -0.2) is 29.9 Å². The highest BCUT2D eigenvalue weighted by atomic mass is 32.2. The average Bonchev–Trinajstić information content (AvgIpc) is 3.33. The topological polar surface area (TPSA) is 137 Å². The molecule has 1 heterocycles. The fraction of sp³-hybridized carbons (Fsp3) is 0.0357. The molecule has 0 spiro atoms. The number of anilines is 3. The summed E-state index contributed by atoms with van der Waals surface area (Å²) in [6.45, 7) is 1.62. The molecule has 0 aliphatic rings. The number of amides is 3. The number of thiazole rings is 1. The van der Waals surface area contributed by atoms with Gasteiger partial charge in [0.05, 0.1) is 10.2 Å². The second-order valence-electron chi connectivity index (χ2n) is 8.61. The second kappa shape index (κ2) is 10.7. The number of aryl methyl sites for hydroxylation is 1. The molecule has 0 saturated carbocycles. The first-order chi connectivity index (χ1) is 18.7. The van der Waals surface area contributed by atoms with Crippen molar-refractivity contribution in [2.24, 2.45) is 0 Å². The largest absolute Gasteiger partial charge is 0.323 e. The molecule has 4 N–H and O–H groups in total. The SMILES string of the molecule is Cc1ccc2nc(-c3ccc(NC(=O)c4ccc(NC(=O)Nc5ccccc5)cc4)cc3)sc2c1S(=O)(=O)O. The number of fused-ring (bicyclic) bond motifs is 1. The standard InChI is InChI=1S/C28H22N4O5S2/c1-17-7-16-23-24(25(17)39(35,36)37)38-27(32-23)19-10-14-21(15-11-19)29-26(33)18-8-12-22(13-9-18)31-28(34)30-20-5-3-2-4-6-20/h2-16H,1H3,(H,29,33)(H2,30,31,34)(H,35,36,37). The molecule has 11 heteroatoms. The maximum Gasteiger partial charge on any atom is 0.323 e. The zero-order chi connectivity index (χ0) is 27.6. The number of para-hydroxylation sites is 1. The highest BCUT2D eigenvalue weighted by Crippen LogP contribution is 2.36. The van der Waals surface area contributed by atoms with E-state index in [1.165, 1.54) is 11.3 Å². The maximum absolute atomic E-state index is 12.7. The number of urea groups is 1. The van der Waals surface area contributed by atoms with Crippen molar-refractivity contribution in [3.8, 4) is 10.6 Å². The molecule has 0 unspecified atom stereocenters. The maximum atomic E-state index is 12.7. The van der Waals surface area contributed by atoms with E-state index in [4.69, 9.17) is 0 Å².